The molecule has 1 N–H and O–H groups in total. The monoisotopic (exact) mass is 161 g/mol. The van der Waals surface area contributed by atoms with E-state index in [0.29, 0.717) is 6.42 Å². The molecule has 1 aliphatic rings. The van der Waals surface area contributed by atoms with Crippen LogP contribution in [0.4, 0.5) is 5.69 Å². The molecule has 0 spiro atoms. The molecule has 0 aliphatic carbocycles. The van der Waals surface area contributed by atoms with Gasteiger partial charge in [0.25, 0.3) is 0 Å². The normalized spacial score (nSPS) is 22.2. The van der Waals surface area contributed by atoms with E-state index in [1.165, 1.54) is 5.56 Å². The summed E-state index contributed by atoms with van der Waals surface area (Å²) in [5.74, 6) is 0. The minimum atomic E-state index is -0.454. The molecule has 2 radical (unpaired) electrons. The molecule has 1 heterocycles. The molecule has 0 saturated carbocycles. The summed E-state index contributed by atoms with van der Waals surface area (Å²) in [5, 5.41) is 9.37. The summed E-state index contributed by atoms with van der Waals surface area (Å²) in [6.45, 7) is 2.92. The van der Waals surface area contributed by atoms with E-state index in [2.05, 4.69) is 6.54 Å². The Morgan fingerprint density at radius 2 is 2.25 bits per heavy atom. The number of hydrogen-bond donors (Lipinski definition) is 1. The molecule has 12 heavy (non-hydrogen) atoms. The van der Waals surface area contributed by atoms with Crippen LogP contribution in [0.3, 0.4) is 0 Å². The van der Waals surface area contributed by atoms with Crippen molar-refractivity contribution in [1.82, 2.24) is 0 Å². The number of anilines is 1. The zero-order valence-electron chi connectivity index (χ0n) is 6.99. The third-order valence-corrected chi connectivity index (χ3v) is 2.11. The molecule has 2 nitrogen and oxygen atoms in total. The van der Waals surface area contributed by atoms with Gasteiger partial charge < -0.3 is 10.0 Å². The van der Waals surface area contributed by atoms with Crippen molar-refractivity contribution < 1.29 is 5.11 Å². The van der Waals surface area contributed by atoms with Crippen molar-refractivity contribution in [3.8, 4) is 0 Å². The average Bonchev–Trinajstić information content (AvgIpc) is 2.04. The molecule has 62 valence electrons. The van der Waals surface area contributed by atoms with E-state index >= 15 is 0 Å². The summed E-state index contributed by atoms with van der Waals surface area (Å²) in [5.41, 5.74) is 2.33. The molecule has 2 heteroatoms. The minimum absolute atomic E-state index is 0.454. The zero-order chi connectivity index (χ0) is 8.55. The number of likely N-dealkylation sites (N-methyl/N-ethyl adjacent to an activating group) is 1. The first kappa shape index (κ1) is 7.62. The zero-order valence-corrected chi connectivity index (χ0v) is 6.99. The summed E-state index contributed by atoms with van der Waals surface area (Å²) in [6, 6.07) is 8.06. The number of hydrogen-bond acceptors (Lipinski definition) is 2. The molecule has 0 fully saturated rings. The van der Waals surface area contributed by atoms with Crippen molar-refractivity contribution in [3.63, 3.8) is 0 Å². The Morgan fingerprint density at radius 3 is 3.08 bits per heavy atom. The number of para-hydroxylation sites is 1. The number of aliphatic hydroxyl groups excluding tert-OH is 1. The fourth-order valence-electron chi connectivity index (χ4n) is 1.56. The third kappa shape index (κ3) is 1.18. The molecule has 1 atom stereocenters. The lowest BCUT2D eigenvalue weighted by atomic mass is 10.0. The van der Waals surface area contributed by atoms with Gasteiger partial charge in [-0.1, -0.05) is 18.2 Å². The molecule has 0 aromatic heterocycles. The van der Waals surface area contributed by atoms with Crippen molar-refractivity contribution in [1.29, 1.82) is 0 Å². The van der Waals surface area contributed by atoms with Crippen LogP contribution in [0.15, 0.2) is 24.3 Å². The van der Waals surface area contributed by atoms with Gasteiger partial charge in [0.05, 0.1) is 6.10 Å². The smallest absolute Gasteiger partial charge is 0.123 e. The van der Waals surface area contributed by atoms with Crippen LogP contribution in [0.1, 0.15) is 5.56 Å². The molecular weight excluding hydrogens is 150 g/mol. The number of aliphatic hydroxyl groups is 1. The first-order chi connectivity index (χ1) is 5.77. The Kier molecular flexibility index (Phi) is 1.77. The van der Waals surface area contributed by atoms with Crippen LogP contribution >= 0.6 is 0 Å². The quantitative estimate of drug-likeness (QED) is 0.615. The van der Waals surface area contributed by atoms with Gasteiger partial charge in [-0.25, -0.2) is 0 Å². The van der Waals surface area contributed by atoms with Gasteiger partial charge in [-0.2, -0.15) is 0 Å². The van der Waals surface area contributed by atoms with Crippen molar-refractivity contribution in [2.24, 2.45) is 0 Å². The Balaban J connectivity index is 2.40. The predicted molar refractivity (Wildman–Crippen MR) is 47.8 cm³/mol. The van der Waals surface area contributed by atoms with Gasteiger partial charge in [0, 0.05) is 19.2 Å². The van der Waals surface area contributed by atoms with Crippen LogP contribution < -0.4 is 4.90 Å². The van der Waals surface area contributed by atoms with E-state index in [1.807, 2.05) is 36.2 Å². The van der Waals surface area contributed by atoms with Gasteiger partial charge in [-0.3, -0.25) is 0 Å². The molecule has 0 amide bonds. The summed E-state index contributed by atoms with van der Waals surface area (Å²) < 4.78 is 0. The number of benzene rings is 1. The topological polar surface area (TPSA) is 23.5 Å². The summed E-state index contributed by atoms with van der Waals surface area (Å²) in [7, 11) is 1.90. The second kappa shape index (κ2) is 2.79. The molecular formula is C10H11NO. The van der Waals surface area contributed by atoms with Crippen LogP contribution in [-0.4, -0.2) is 18.3 Å². The maximum atomic E-state index is 9.37. The van der Waals surface area contributed by atoms with E-state index in [4.69, 9.17) is 0 Å². The van der Waals surface area contributed by atoms with E-state index in [9.17, 15) is 5.11 Å². The highest BCUT2D eigenvalue weighted by Crippen LogP contribution is 2.26. The number of rotatable bonds is 0. The lowest BCUT2D eigenvalue weighted by molar-refractivity contribution is 0.201. The largest absolute Gasteiger partial charge is 0.390 e. The number of fused-ring (bicyclic) bond motifs is 1. The Morgan fingerprint density at radius 1 is 1.50 bits per heavy atom. The molecule has 1 unspecified atom stereocenters. The van der Waals surface area contributed by atoms with Crippen molar-refractivity contribution in [2.45, 2.75) is 12.5 Å². The average molecular weight is 161 g/mol. The van der Waals surface area contributed by atoms with Gasteiger partial charge in [0.1, 0.15) is 6.54 Å². The summed E-state index contributed by atoms with van der Waals surface area (Å²) >= 11 is 0. The van der Waals surface area contributed by atoms with Gasteiger partial charge in [0.2, 0.25) is 0 Å². The highest BCUT2D eigenvalue weighted by atomic mass is 16.3. The van der Waals surface area contributed by atoms with Gasteiger partial charge >= 0.3 is 0 Å². The fraction of sp³-hybridized carbons (Fsp3) is 0.300. The van der Waals surface area contributed by atoms with Crippen LogP contribution in [0.5, 0.6) is 0 Å². The van der Waals surface area contributed by atoms with Crippen LogP contribution in [0.2, 0.25) is 0 Å². The Hall–Kier alpha value is -1.02. The van der Waals surface area contributed by atoms with Crippen molar-refractivity contribution in [2.75, 3.05) is 11.9 Å². The number of nitrogens with zero attached hydrogens (tertiary/aromatic N) is 1. The minimum Gasteiger partial charge on any atom is -0.390 e. The molecule has 0 bridgehead atoms. The predicted octanol–water partition coefficient (Wildman–Crippen LogP) is 1.08. The van der Waals surface area contributed by atoms with E-state index in [0.717, 1.165) is 5.69 Å². The van der Waals surface area contributed by atoms with Gasteiger partial charge in [0.15, 0.2) is 0 Å². The highest BCUT2D eigenvalue weighted by molar-refractivity contribution is 5.57. The second-order valence-electron chi connectivity index (χ2n) is 3.04. The SMILES string of the molecule is CN1[C]C(O)Cc2ccccc21. The second-order valence-corrected chi connectivity index (χ2v) is 3.04. The van der Waals surface area contributed by atoms with Gasteiger partial charge in [-0.05, 0) is 11.6 Å². The lowest BCUT2D eigenvalue weighted by Crippen LogP contribution is -2.30. The maximum Gasteiger partial charge on any atom is 0.123 e. The Labute approximate surface area is 72.4 Å². The van der Waals surface area contributed by atoms with Crippen molar-refractivity contribution in [3.05, 3.63) is 36.4 Å². The first-order valence-electron chi connectivity index (χ1n) is 4.03. The molecule has 1 aromatic carbocycles. The van der Waals surface area contributed by atoms with Crippen molar-refractivity contribution >= 4 is 5.69 Å². The van der Waals surface area contributed by atoms with Gasteiger partial charge in [-0.15, -0.1) is 0 Å². The van der Waals surface area contributed by atoms with E-state index in [-0.39, 0.29) is 0 Å². The molecule has 1 aliphatic heterocycles. The third-order valence-electron chi connectivity index (χ3n) is 2.11. The van der Waals surface area contributed by atoms with Crippen LogP contribution in [-0.2, 0) is 6.42 Å². The van der Waals surface area contributed by atoms with Crippen LogP contribution in [0.25, 0.3) is 0 Å². The standard InChI is InChI=1S/C10H11NO/c1-11-7-9(12)6-8-4-2-3-5-10(8)11/h2-5,9,12H,6H2,1H3. The summed E-state index contributed by atoms with van der Waals surface area (Å²) in [4.78, 5) is 1.85. The lowest BCUT2D eigenvalue weighted by Gasteiger charge is -2.29. The Bertz CT molecular complexity index is 285. The molecule has 2 rings (SSSR count). The fourth-order valence-corrected chi connectivity index (χ4v) is 1.56. The molecule has 0 saturated heterocycles. The summed E-state index contributed by atoms with van der Waals surface area (Å²) in [6.07, 6.45) is 0.227. The van der Waals surface area contributed by atoms with E-state index in [1.54, 1.807) is 0 Å². The maximum absolute atomic E-state index is 9.37. The van der Waals surface area contributed by atoms with Crippen LogP contribution in [0, 0.1) is 6.54 Å². The molecule has 1 aromatic rings. The highest BCUT2D eigenvalue weighted by Gasteiger charge is 2.20. The van der Waals surface area contributed by atoms with E-state index < -0.39 is 6.10 Å². The first-order valence-corrected chi connectivity index (χ1v) is 4.03.